The summed E-state index contributed by atoms with van der Waals surface area (Å²) in [5.74, 6) is -2.39. The third kappa shape index (κ3) is 3.92. The number of nitriles is 1. The average Bonchev–Trinajstić information content (AvgIpc) is 2.79. The van der Waals surface area contributed by atoms with Crippen LogP contribution in [0.2, 0.25) is 0 Å². The molecule has 2 aromatic rings. The first-order valence-corrected chi connectivity index (χ1v) is 10.1. The Hall–Kier alpha value is -3.57. The van der Waals surface area contributed by atoms with Crippen molar-refractivity contribution in [2.75, 3.05) is 19.1 Å². The van der Waals surface area contributed by atoms with Crippen LogP contribution in [0.4, 0.5) is 5.69 Å². The van der Waals surface area contributed by atoms with Crippen LogP contribution in [0, 0.1) is 18.3 Å². The van der Waals surface area contributed by atoms with E-state index in [4.69, 9.17) is 15.2 Å². The average molecular weight is 482 g/mol. The molecule has 2 N–H and O–H groups in total. The fraction of sp³-hybridized carbons (Fsp3) is 0.174. The number of allylic oxidation sites excluding steroid dienone is 1. The molecule has 7 nitrogen and oxygen atoms in total. The second-order valence-corrected chi connectivity index (χ2v) is 7.62. The Morgan fingerprint density at radius 2 is 1.74 bits per heavy atom. The first kappa shape index (κ1) is 22.1. The first-order valence-electron chi connectivity index (χ1n) is 9.27. The Balaban J connectivity index is 2.41. The highest BCUT2D eigenvalue weighted by molar-refractivity contribution is 9.10. The van der Waals surface area contributed by atoms with Crippen molar-refractivity contribution >= 4 is 33.6 Å². The second kappa shape index (κ2) is 9.06. The number of halogens is 1. The number of benzene rings is 2. The third-order valence-corrected chi connectivity index (χ3v) is 5.90. The van der Waals surface area contributed by atoms with Gasteiger partial charge in [-0.15, -0.1) is 0 Å². The summed E-state index contributed by atoms with van der Waals surface area (Å²) in [5.41, 5.74) is 8.45. The molecule has 0 saturated heterocycles. The van der Waals surface area contributed by atoms with Gasteiger partial charge in [0.1, 0.15) is 11.5 Å². The summed E-state index contributed by atoms with van der Waals surface area (Å²) in [7, 11) is 2.43. The lowest BCUT2D eigenvalue weighted by Crippen LogP contribution is -2.40. The van der Waals surface area contributed by atoms with Gasteiger partial charge in [0, 0.05) is 10.2 Å². The van der Waals surface area contributed by atoms with Crippen LogP contribution in [-0.2, 0) is 19.1 Å². The second-order valence-electron chi connectivity index (χ2n) is 6.77. The van der Waals surface area contributed by atoms with Crippen LogP contribution in [0.1, 0.15) is 17.0 Å². The first-order chi connectivity index (χ1) is 14.8. The van der Waals surface area contributed by atoms with Crippen molar-refractivity contribution < 1.29 is 19.1 Å². The van der Waals surface area contributed by atoms with Crippen molar-refractivity contribution in [3.8, 4) is 6.07 Å². The molecule has 0 bridgehead atoms. The van der Waals surface area contributed by atoms with Crippen LogP contribution in [-0.4, -0.2) is 26.2 Å². The summed E-state index contributed by atoms with van der Waals surface area (Å²) in [4.78, 5) is 27.3. The molecule has 1 aliphatic heterocycles. The van der Waals surface area contributed by atoms with Crippen LogP contribution in [0.3, 0.4) is 0 Å². The molecule has 0 saturated carbocycles. The molecule has 3 rings (SSSR count). The van der Waals surface area contributed by atoms with Gasteiger partial charge in [-0.1, -0.05) is 46.3 Å². The third-order valence-electron chi connectivity index (χ3n) is 5.01. The minimum atomic E-state index is -0.888. The molecule has 1 unspecified atom stereocenters. The molecule has 1 heterocycles. The number of esters is 2. The number of carbonyl (C=O) groups excluding carboxylic acids is 2. The summed E-state index contributed by atoms with van der Waals surface area (Å²) >= 11 is 3.45. The molecule has 0 fully saturated rings. The van der Waals surface area contributed by atoms with E-state index in [-0.39, 0.29) is 22.7 Å². The molecule has 0 radical (unpaired) electrons. The van der Waals surface area contributed by atoms with E-state index in [1.807, 2.05) is 13.0 Å². The summed E-state index contributed by atoms with van der Waals surface area (Å²) in [6, 6.07) is 16.3. The highest BCUT2D eigenvalue weighted by atomic mass is 79.9. The fourth-order valence-electron chi connectivity index (χ4n) is 3.55. The summed E-state index contributed by atoms with van der Waals surface area (Å²) < 4.78 is 10.9. The zero-order valence-electron chi connectivity index (χ0n) is 17.2. The molecule has 1 aliphatic rings. The molecule has 158 valence electrons. The smallest absolute Gasteiger partial charge is 0.355 e. The van der Waals surface area contributed by atoms with Gasteiger partial charge in [-0.05, 0) is 36.2 Å². The maximum Gasteiger partial charge on any atom is 0.355 e. The maximum absolute atomic E-state index is 13.0. The number of ether oxygens (including phenoxy) is 2. The lowest BCUT2D eigenvalue weighted by molar-refractivity contribution is -0.139. The van der Waals surface area contributed by atoms with Gasteiger partial charge >= 0.3 is 11.9 Å². The van der Waals surface area contributed by atoms with Crippen LogP contribution in [0.15, 0.2) is 75.7 Å². The zero-order chi connectivity index (χ0) is 22.7. The van der Waals surface area contributed by atoms with Crippen molar-refractivity contribution in [1.82, 2.24) is 0 Å². The molecular weight excluding hydrogens is 462 g/mol. The van der Waals surface area contributed by atoms with E-state index in [0.29, 0.717) is 11.3 Å². The predicted molar refractivity (Wildman–Crippen MR) is 118 cm³/mol. The number of methoxy groups -OCH3 is 2. The molecule has 8 heteroatoms. The van der Waals surface area contributed by atoms with Gasteiger partial charge in [-0.3, -0.25) is 4.90 Å². The van der Waals surface area contributed by atoms with Gasteiger partial charge in [0.2, 0.25) is 0 Å². The molecule has 1 atom stereocenters. The Labute approximate surface area is 188 Å². The van der Waals surface area contributed by atoms with E-state index >= 15 is 0 Å². The van der Waals surface area contributed by atoms with Crippen molar-refractivity contribution in [3.63, 3.8) is 0 Å². The maximum atomic E-state index is 13.0. The van der Waals surface area contributed by atoms with Gasteiger partial charge in [-0.25, -0.2) is 9.59 Å². The Bertz CT molecular complexity index is 1150. The van der Waals surface area contributed by atoms with Crippen LogP contribution >= 0.6 is 15.9 Å². The summed E-state index contributed by atoms with van der Waals surface area (Å²) in [5, 5.41) is 10.00. The van der Waals surface area contributed by atoms with E-state index in [9.17, 15) is 14.9 Å². The largest absolute Gasteiger partial charge is 0.466 e. The van der Waals surface area contributed by atoms with Crippen molar-refractivity contribution in [2.45, 2.75) is 12.8 Å². The van der Waals surface area contributed by atoms with Gasteiger partial charge in [-0.2, -0.15) is 5.26 Å². The van der Waals surface area contributed by atoms with E-state index in [1.54, 1.807) is 42.5 Å². The van der Waals surface area contributed by atoms with E-state index in [1.165, 1.54) is 19.1 Å². The molecule has 0 spiro atoms. The monoisotopic (exact) mass is 481 g/mol. The Morgan fingerprint density at radius 1 is 1.10 bits per heavy atom. The molecule has 0 amide bonds. The van der Waals surface area contributed by atoms with Crippen molar-refractivity contribution in [2.24, 2.45) is 5.73 Å². The zero-order valence-corrected chi connectivity index (χ0v) is 18.8. The number of aryl methyl sites for hydroxylation is 1. The molecule has 2 aromatic carbocycles. The topological polar surface area (TPSA) is 106 Å². The minimum absolute atomic E-state index is 0.0214. The lowest BCUT2D eigenvalue weighted by Gasteiger charge is -2.36. The van der Waals surface area contributed by atoms with E-state index < -0.39 is 17.9 Å². The minimum Gasteiger partial charge on any atom is -0.466 e. The molecule has 31 heavy (non-hydrogen) atoms. The molecule has 0 aromatic heterocycles. The van der Waals surface area contributed by atoms with Crippen molar-refractivity contribution in [1.29, 1.82) is 5.26 Å². The van der Waals surface area contributed by atoms with Gasteiger partial charge in [0.25, 0.3) is 0 Å². The number of nitrogens with two attached hydrogens (primary N) is 1. The van der Waals surface area contributed by atoms with E-state index in [0.717, 1.165) is 10.0 Å². The van der Waals surface area contributed by atoms with Crippen LogP contribution < -0.4 is 10.6 Å². The summed E-state index contributed by atoms with van der Waals surface area (Å²) in [6.07, 6.45) is 0. The summed E-state index contributed by atoms with van der Waals surface area (Å²) in [6.45, 7) is 1.87. The predicted octanol–water partition coefficient (Wildman–Crippen LogP) is 3.66. The van der Waals surface area contributed by atoms with Crippen molar-refractivity contribution in [3.05, 3.63) is 86.8 Å². The van der Waals surface area contributed by atoms with Crippen LogP contribution in [0.5, 0.6) is 0 Å². The van der Waals surface area contributed by atoms with Gasteiger partial charge in [0.15, 0.2) is 0 Å². The highest BCUT2D eigenvalue weighted by Crippen LogP contribution is 2.43. The van der Waals surface area contributed by atoms with Gasteiger partial charge < -0.3 is 15.2 Å². The fourth-order valence-corrected chi connectivity index (χ4v) is 3.80. The number of hydrogen-bond acceptors (Lipinski definition) is 7. The Kier molecular flexibility index (Phi) is 6.47. The number of nitrogens with zero attached hydrogens (tertiary/aromatic N) is 2. The van der Waals surface area contributed by atoms with Crippen LogP contribution in [0.25, 0.3) is 0 Å². The van der Waals surface area contributed by atoms with Gasteiger partial charge in [0.05, 0.1) is 37.4 Å². The highest BCUT2D eigenvalue weighted by Gasteiger charge is 2.42. The molecular formula is C23H20BrN3O4. The number of anilines is 1. The standard InChI is InChI=1S/C23H20BrN3O4/c1-13-11-15(9-10-17(13)24)27-20(23(29)31-3)19(22(28)30-2)18(16(12-25)21(27)26)14-7-5-4-6-8-14/h4-11,18H,26H2,1-3H3. The Morgan fingerprint density at radius 3 is 2.29 bits per heavy atom. The number of carbonyl (C=O) groups is 2. The number of rotatable bonds is 4. The molecule has 0 aliphatic carbocycles. The normalized spacial score (nSPS) is 16.1. The van der Waals surface area contributed by atoms with E-state index in [2.05, 4.69) is 22.0 Å². The number of hydrogen-bond donors (Lipinski definition) is 1. The lowest BCUT2D eigenvalue weighted by atomic mass is 9.81. The quantitative estimate of drug-likeness (QED) is 0.664. The SMILES string of the molecule is COC(=O)C1=C(C(=O)OC)N(c2ccc(Br)c(C)c2)C(N)=C(C#N)C1c1ccccc1.